The molecule has 37 heavy (non-hydrogen) atoms. The Balaban J connectivity index is 1.46. The van der Waals surface area contributed by atoms with E-state index in [0.29, 0.717) is 18.0 Å². The monoisotopic (exact) mass is 526 g/mol. The predicted octanol–water partition coefficient (Wildman–Crippen LogP) is 5.43. The molecule has 7 heteroatoms. The van der Waals surface area contributed by atoms with Crippen LogP contribution >= 0.6 is 0 Å². The highest BCUT2D eigenvalue weighted by Crippen LogP contribution is 2.39. The maximum Gasteiger partial charge on any atom is 0.251 e. The summed E-state index contributed by atoms with van der Waals surface area (Å²) in [6.07, 6.45) is 6.70. The molecule has 1 saturated carbocycles. The minimum atomic E-state index is -3.29. The van der Waals surface area contributed by atoms with Crippen LogP contribution in [0.5, 0.6) is 0 Å². The van der Waals surface area contributed by atoms with E-state index < -0.39 is 15.9 Å². The topological polar surface area (TPSA) is 86.7 Å². The predicted molar refractivity (Wildman–Crippen MR) is 147 cm³/mol. The average Bonchev–Trinajstić information content (AvgIpc) is 3.25. The smallest absolute Gasteiger partial charge is 0.251 e. The van der Waals surface area contributed by atoms with Crippen molar-refractivity contribution in [3.05, 3.63) is 64.7 Å². The Morgan fingerprint density at radius 3 is 2.41 bits per heavy atom. The third-order valence-corrected chi connectivity index (χ3v) is 10.1. The molecular weight excluding hydrogens is 484 g/mol. The Bertz CT molecular complexity index is 1170. The summed E-state index contributed by atoms with van der Waals surface area (Å²) in [5, 5.41) is 12.7. The van der Waals surface area contributed by atoms with Crippen LogP contribution in [-0.2, 0) is 16.4 Å². The van der Waals surface area contributed by atoms with Crippen molar-refractivity contribution >= 4 is 15.7 Å². The Morgan fingerprint density at radius 1 is 1.08 bits per heavy atom. The van der Waals surface area contributed by atoms with Gasteiger partial charge in [0.05, 0.1) is 16.7 Å². The van der Waals surface area contributed by atoms with Crippen LogP contribution in [0.25, 0.3) is 0 Å². The fraction of sp³-hybridized carbons (Fsp3) is 0.567. The number of sulfone groups is 1. The molecule has 2 aromatic rings. The van der Waals surface area contributed by atoms with Crippen LogP contribution in [0.2, 0.25) is 0 Å². The fourth-order valence-electron chi connectivity index (χ4n) is 6.01. The zero-order valence-corrected chi connectivity index (χ0v) is 23.3. The molecule has 1 aliphatic heterocycles. The first-order chi connectivity index (χ1) is 17.7. The average molecular weight is 527 g/mol. The number of carbonyl (C=O) groups is 1. The van der Waals surface area contributed by atoms with Crippen LogP contribution in [0.15, 0.2) is 47.4 Å². The molecule has 0 unspecified atom stereocenters. The van der Waals surface area contributed by atoms with Crippen LogP contribution in [0.3, 0.4) is 0 Å². The second-order valence-electron chi connectivity index (χ2n) is 10.9. The number of carbonyl (C=O) groups excluding carboxylic acids is 1. The van der Waals surface area contributed by atoms with Crippen LogP contribution < -0.4 is 5.32 Å². The highest BCUT2D eigenvalue weighted by atomic mass is 32.2. The lowest BCUT2D eigenvalue weighted by molar-refractivity contribution is 0.0929. The molecule has 1 amide bonds. The lowest BCUT2D eigenvalue weighted by Gasteiger charge is -2.32. The first-order valence-corrected chi connectivity index (χ1v) is 15.5. The third-order valence-electron chi connectivity index (χ3n) is 8.34. The number of hydrogen-bond acceptors (Lipinski definition) is 5. The lowest BCUT2D eigenvalue weighted by Crippen LogP contribution is -2.30. The van der Waals surface area contributed by atoms with E-state index in [1.165, 1.54) is 36.8 Å². The Kier molecular flexibility index (Phi) is 9.09. The van der Waals surface area contributed by atoms with Crippen molar-refractivity contribution in [1.29, 1.82) is 0 Å². The first kappa shape index (κ1) is 27.8. The van der Waals surface area contributed by atoms with Gasteiger partial charge in [-0.05, 0) is 78.5 Å². The van der Waals surface area contributed by atoms with Gasteiger partial charge in [-0.3, -0.25) is 9.69 Å². The molecule has 1 fully saturated rings. The molecule has 6 nitrogen and oxygen atoms in total. The van der Waals surface area contributed by atoms with Gasteiger partial charge in [0.1, 0.15) is 0 Å². The van der Waals surface area contributed by atoms with Crippen molar-refractivity contribution in [2.45, 2.75) is 82.8 Å². The van der Waals surface area contributed by atoms with E-state index in [0.717, 1.165) is 36.9 Å². The van der Waals surface area contributed by atoms with Crippen molar-refractivity contribution in [3.63, 3.8) is 0 Å². The van der Waals surface area contributed by atoms with Crippen LogP contribution in [0.1, 0.15) is 98.4 Å². The van der Waals surface area contributed by atoms with E-state index >= 15 is 0 Å². The molecule has 2 aliphatic rings. The molecule has 0 spiro atoms. The van der Waals surface area contributed by atoms with E-state index in [9.17, 15) is 18.3 Å². The van der Waals surface area contributed by atoms with Crippen molar-refractivity contribution in [2.75, 3.05) is 18.9 Å². The van der Waals surface area contributed by atoms with Gasteiger partial charge in [-0.15, -0.1) is 0 Å². The summed E-state index contributed by atoms with van der Waals surface area (Å²) in [4.78, 5) is 16.1. The molecule has 0 bridgehead atoms. The van der Waals surface area contributed by atoms with E-state index in [1.807, 2.05) is 12.1 Å². The largest absolute Gasteiger partial charge is 0.396 e. The quantitative estimate of drug-likeness (QED) is 0.431. The molecule has 0 radical (unpaired) electrons. The summed E-state index contributed by atoms with van der Waals surface area (Å²) in [6.45, 7) is 8.15. The van der Waals surface area contributed by atoms with Crippen LogP contribution in [0, 0.1) is 11.8 Å². The van der Waals surface area contributed by atoms with Crippen LogP contribution in [-0.4, -0.2) is 43.2 Å². The normalized spacial score (nSPS) is 23.0. The number of fused-ring (bicyclic) bond motifs is 1. The van der Waals surface area contributed by atoms with Crippen molar-refractivity contribution in [3.8, 4) is 0 Å². The molecular formula is C30H42N2O4S. The molecule has 4 rings (SSSR count). The fourth-order valence-corrected chi connectivity index (χ4v) is 6.90. The van der Waals surface area contributed by atoms with Gasteiger partial charge in [0, 0.05) is 31.3 Å². The summed E-state index contributed by atoms with van der Waals surface area (Å²) in [6, 6.07) is 12.7. The van der Waals surface area contributed by atoms with Gasteiger partial charge in [0.25, 0.3) is 5.91 Å². The van der Waals surface area contributed by atoms with Gasteiger partial charge in [-0.1, -0.05) is 51.8 Å². The van der Waals surface area contributed by atoms with E-state index in [-0.39, 0.29) is 23.2 Å². The van der Waals surface area contributed by atoms with Gasteiger partial charge < -0.3 is 10.4 Å². The Morgan fingerprint density at radius 2 is 1.78 bits per heavy atom. The van der Waals surface area contributed by atoms with Gasteiger partial charge in [0.2, 0.25) is 0 Å². The molecule has 0 saturated heterocycles. The van der Waals surface area contributed by atoms with Crippen molar-refractivity contribution < 1.29 is 18.3 Å². The number of nitrogens with zero attached hydrogens (tertiary/aromatic N) is 1. The Labute approximate surface area is 222 Å². The summed E-state index contributed by atoms with van der Waals surface area (Å²) in [5.74, 6) is 1.48. The minimum absolute atomic E-state index is 0.0393. The number of aliphatic hydroxyl groups excluding tert-OH is 1. The highest BCUT2D eigenvalue weighted by molar-refractivity contribution is 7.91. The lowest BCUT2D eigenvalue weighted by atomic mass is 9.82. The molecule has 2 atom stereocenters. The summed E-state index contributed by atoms with van der Waals surface area (Å²) < 4.78 is 24.3. The van der Waals surface area contributed by atoms with Gasteiger partial charge >= 0.3 is 0 Å². The standard InChI is InChI=1S/C30H42N2O4S/c1-4-29-27-15-12-24(18-25(27)20-32(29)19-22-8-6-21(3)7-9-22)30(34)31-28(16-17-33)23-10-13-26(14-11-23)37(35,36)5-2/h10-15,18,21-22,28-29,33H,4-9,16-17,19-20H2,1-3H3,(H,31,34)/t21?,22?,28-,29+/m0/s1. The molecule has 2 N–H and O–H groups in total. The summed E-state index contributed by atoms with van der Waals surface area (Å²) >= 11 is 0. The minimum Gasteiger partial charge on any atom is -0.396 e. The third kappa shape index (κ3) is 6.44. The summed E-state index contributed by atoms with van der Waals surface area (Å²) in [5.41, 5.74) is 3.96. The number of nitrogens with one attached hydrogen (secondary N) is 1. The van der Waals surface area contributed by atoms with Crippen LogP contribution in [0.4, 0.5) is 0 Å². The summed E-state index contributed by atoms with van der Waals surface area (Å²) in [7, 11) is -3.29. The SMILES string of the molecule is CC[C@@H]1c2ccc(C(=O)N[C@@H](CCO)c3ccc(S(=O)(=O)CC)cc3)cc2CN1CC1CCC(C)CC1. The number of rotatable bonds is 10. The maximum absolute atomic E-state index is 13.3. The zero-order chi connectivity index (χ0) is 26.6. The van der Waals surface area contributed by atoms with Gasteiger partial charge in [0.15, 0.2) is 9.84 Å². The number of aliphatic hydroxyl groups is 1. The molecule has 2 aromatic carbocycles. The van der Waals surface area contributed by atoms with Gasteiger partial charge in [-0.25, -0.2) is 8.42 Å². The first-order valence-electron chi connectivity index (χ1n) is 13.9. The van der Waals surface area contributed by atoms with E-state index in [4.69, 9.17) is 0 Å². The van der Waals surface area contributed by atoms with E-state index in [1.54, 1.807) is 31.2 Å². The molecule has 202 valence electrons. The maximum atomic E-state index is 13.3. The second-order valence-corrected chi connectivity index (χ2v) is 13.2. The number of hydrogen-bond donors (Lipinski definition) is 2. The van der Waals surface area contributed by atoms with Crippen molar-refractivity contribution in [2.24, 2.45) is 11.8 Å². The van der Waals surface area contributed by atoms with Crippen molar-refractivity contribution in [1.82, 2.24) is 10.2 Å². The second kappa shape index (κ2) is 12.1. The molecule has 1 aliphatic carbocycles. The Hall–Kier alpha value is -2.22. The number of benzene rings is 2. The highest BCUT2D eigenvalue weighted by Gasteiger charge is 2.32. The molecule has 0 aromatic heterocycles. The van der Waals surface area contributed by atoms with Gasteiger partial charge in [-0.2, -0.15) is 0 Å². The zero-order valence-electron chi connectivity index (χ0n) is 22.4. The van der Waals surface area contributed by atoms with E-state index in [2.05, 4.69) is 30.1 Å². The number of amides is 1. The molecule has 1 heterocycles.